The van der Waals surface area contributed by atoms with Gasteiger partial charge in [0.05, 0.1) is 12.2 Å². The fourth-order valence-corrected chi connectivity index (χ4v) is 1.83. The first-order valence-corrected chi connectivity index (χ1v) is 6.55. The Morgan fingerprint density at radius 1 is 1.15 bits per heavy atom. The van der Waals surface area contributed by atoms with E-state index in [2.05, 4.69) is 5.32 Å². The van der Waals surface area contributed by atoms with E-state index in [-0.39, 0.29) is 5.97 Å². The highest BCUT2D eigenvalue weighted by molar-refractivity contribution is 5.89. The lowest BCUT2D eigenvalue weighted by Crippen LogP contribution is -2.05. The third-order valence-corrected chi connectivity index (χ3v) is 2.93. The summed E-state index contributed by atoms with van der Waals surface area (Å²) >= 11 is 0. The minimum absolute atomic E-state index is 0.300. The molecule has 0 radical (unpaired) electrons. The Hall–Kier alpha value is -2.49. The predicted molar refractivity (Wildman–Crippen MR) is 80.6 cm³/mol. The van der Waals surface area contributed by atoms with Crippen LogP contribution >= 0.6 is 0 Å². The summed E-state index contributed by atoms with van der Waals surface area (Å²) in [5.74, 6) is -0.300. The smallest absolute Gasteiger partial charge is 0.338 e. The molecule has 2 aromatic carbocycles. The average molecular weight is 270 g/mol. The normalized spacial score (nSPS) is 10.1. The topological polar surface area (TPSA) is 64.3 Å². The number of carbonyl (C=O) groups is 1. The number of benzene rings is 2. The van der Waals surface area contributed by atoms with E-state index in [0.29, 0.717) is 18.7 Å². The lowest BCUT2D eigenvalue weighted by molar-refractivity contribution is 0.0526. The Labute approximate surface area is 118 Å². The molecule has 0 spiro atoms. The SMILES string of the molecule is CCOC(=O)c1ccc(NCc2ccccc2N)cc1. The minimum Gasteiger partial charge on any atom is -0.462 e. The van der Waals surface area contributed by atoms with Gasteiger partial charge < -0.3 is 15.8 Å². The maximum atomic E-state index is 11.5. The molecule has 0 aliphatic carbocycles. The van der Waals surface area contributed by atoms with Gasteiger partial charge in [-0.2, -0.15) is 0 Å². The number of nitrogens with two attached hydrogens (primary N) is 1. The van der Waals surface area contributed by atoms with Crippen molar-refractivity contribution < 1.29 is 9.53 Å². The molecule has 0 amide bonds. The summed E-state index contributed by atoms with van der Waals surface area (Å²) < 4.78 is 4.94. The molecule has 0 saturated heterocycles. The number of esters is 1. The van der Waals surface area contributed by atoms with E-state index in [4.69, 9.17) is 10.5 Å². The van der Waals surface area contributed by atoms with Crippen LogP contribution in [0, 0.1) is 0 Å². The Balaban J connectivity index is 1.98. The molecule has 4 heteroatoms. The molecule has 0 heterocycles. The molecule has 0 fully saturated rings. The summed E-state index contributed by atoms with van der Waals surface area (Å²) in [5, 5.41) is 3.27. The van der Waals surface area contributed by atoms with Crippen molar-refractivity contribution in [3.63, 3.8) is 0 Å². The van der Waals surface area contributed by atoms with Gasteiger partial charge in [0.2, 0.25) is 0 Å². The summed E-state index contributed by atoms with van der Waals surface area (Å²) in [6, 6.07) is 14.9. The third kappa shape index (κ3) is 3.51. The van der Waals surface area contributed by atoms with Gasteiger partial charge in [0, 0.05) is 17.9 Å². The van der Waals surface area contributed by atoms with Crippen LogP contribution in [0.25, 0.3) is 0 Å². The van der Waals surface area contributed by atoms with Gasteiger partial charge in [-0.1, -0.05) is 18.2 Å². The number of para-hydroxylation sites is 1. The van der Waals surface area contributed by atoms with Gasteiger partial charge in [0.15, 0.2) is 0 Å². The zero-order chi connectivity index (χ0) is 14.4. The Morgan fingerprint density at radius 2 is 1.85 bits per heavy atom. The van der Waals surface area contributed by atoms with Crippen LogP contribution in [0.15, 0.2) is 48.5 Å². The van der Waals surface area contributed by atoms with Crippen molar-refractivity contribution in [1.29, 1.82) is 0 Å². The van der Waals surface area contributed by atoms with Crippen LogP contribution in [0.2, 0.25) is 0 Å². The van der Waals surface area contributed by atoms with Crippen LogP contribution in [0.5, 0.6) is 0 Å². The van der Waals surface area contributed by atoms with Crippen molar-refractivity contribution in [2.45, 2.75) is 13.5 Å². The molecule has 0 aromatic heterocycles. The van der Waals surface area contributed by atoms with Gasteiger partial charge in [0.25, 0.3) is 0 Å². The summed E-state index contributed by atoms with van der Waals surface area (Å²) in [5.41, 5.74) is 9.18. The molecule has 0 atom stereocenters. The molecule has 0 unspecified atom stereocenters. The number of carbonyl (C=O) groups excluding carboxylic acids is 1. The molecule has 3 N–H and O–H groups in total. The maximum Gasteiger partial charge on any atom is 0.338 e. The number of anilines is 2. The minimum atomic E-state index is -0.300. The summed E-state index contributed by atoms with van der Waals surface area (Å²) in [6.45, 7) is 2.82. The van der Waals surface area contributed by atoms with Gasteiger partial charge >= 0.3 is 5.97 Å². The highest BCUT2D eigenvalue weighted by atomic mass is 16.5. The number of hydrogen-bond donors (Lipinski definition) is 2. The first kappa shape index (κ1) is 13.9. The van der Waals surface area contributed by atoms with E-state index in [0.717, 1.165) is 16.9 Å². The van der Waals surface area contributed by atoms with Crippen molar-refractivity contribution >= 4 is 17.3 Å². The fraction of sp³-hybridized carbons (Fsp3) is 0.188. The quantitative estimate of drug-likeness (QED) is 0.647. The molecule has 0 aliphatic rings. The molecular formula is C16H18N2O2. The van der Waals surface area contributed by atoms with Crippen LogP contribution < -0.4 is 11.1 Å². The molecule has 20 heavy (non-hydrogen) atoms. The number of hydrogen-bond acceptors (Lipinski definition) is 4. The predicted octanol–water partition coefficient (Wildman–Crippen LogP) is 3.06. The fourth-order valence-electron chi connectivity index (χ4n) is 1.83. The Bertz CT molecular complexity index is 579. The van der Waals surface area contributed by atoms with Crippen molar-refractivity contribution in [3.05, 3.63) is 59.7 Å². The van der Waals surface area contributed by atoms with Crippen LogP contribution in [0.3, 0.4) is 0 Å². The third-order valence-electron chi connectivity index (χ3n) is 2.93. The first-order chi connectivity index (χ1) is 9.70. The van der Waals surface area contributed by atoms with Gasteiger partial charge in [-0.05, 0) is 42.8 Å². The van der Waals surface area contributed by atoms with E-state index in [1.807, 2.05) is 36.4 Å². The second-order valence-corrected chi connectivity index (χ2v) is 4.35. The second kappa shape index (κ2) is 6.61. The monoisotopic (exact) mass is 270 g/mol. The van der Waals surface area contributed by atoms with Gasteiger partial charge in [-0.15, -0.1) is 0 Å². The van der Waals surface area contributed by atoms with E-state index in [1.54, 1.807) is 19.1 Å². The number of rotatable bonds is 5. The zero-order valence-corrected chi connectivity index (χ0v) is 11.4. The molecule has 0 bridgehead atoms. The largest absolute Gasteiger partial charge is 0.462 e. The molecule has 2 rings (SSSR count). The summed E-state index contributed by atoms with van der Waals surface area (Å²) in [7, 11) is 0. The van der Waals surface area contributed by atoms with Gasteiger partial charge in [-0.3, -0.25) is 0 Å². The number of ether oxygens (including phenoxy) is 1. The highest BCUT2D eigenvalue weighted by Crippen LogP contribution is 2.15. The summed E-state index contributed by atoms with van der Waals surface area (Å²) in [6.07, 6.45) is 0. The van der Waals surface area contributed by atoms with Crippen LogP contribution in [-0.2, 0) is 11.3 Å². The molecule has 4 nitrogen and oxygen atoms in total. The lowest BCUT2D eigenvalue weighted by Gasteiger charge is -2.09. The second-order valence-electron chi connectivity index (χ2n) is 4.35. The maximum absolute atomic E-state index is 11.5. The lowest BCUT2D eigenvalue weighted by atomic mass is 10.1. The van der Waals surface area contributed by atoms with Gasteiger partial charge in [0.1, 0.15) is 0 Å². The van der Waals surface area contributed by atoms with E-state index in [9.17, 15) is 4.79 Å². The van der Waals surface area contributed by atoms with Crippen molar-refractivity contribution in [1.82, 2.24) is 0 Å². The zero-order valence-electron chi connectivity index (χ0n) is 11.4. The van der Waals surface area contributed by atoms with Crippen LogP contribution in [-0.4, -0.2) is 12.6 Å². The van der Waals surface area contributed by atoms with Gasteiger partial charge in [-0.25, -0.2) is 4.79 Å². The number of nitrogens with one attached hydrogen (secondary N) is 1. The number of nitrogen functional groups attached to an aromatic ring is 1. The molecule has 0 aliphatic heterocycles. The van der Waals surface area contributed by atoms with E-state index >= 15 is 0 Å². The van der Waals surface area contributed by atoms with E-state index < -0.39 is 0 Å². The molecule has 104 valence electrons. The van der Waals surface area contributed by atoms with Crippen LogP contribution in [0.1, 0.15) is 22.8 Å². The average Bonchev–Trinajstić information content (AvgIpc) is 2.47. The van der Waals surface area contributed by atoms with E-state index in [1.165, 1.54) is 0 Å². The first-order valence-electron chi connectivity index (χ1n) is 6.55. The summed E-state index contributed by atoms with van der Waals surface area (Å²) in [4.78, 5) is 11.5. The Kier molecular flexibility index (Phi) is 4.60. The standard InChI is InChI=1S/C16H18N2O2/c1-2-20-16(19)12-7-9-14(10-8-12)18-11-13-5-3-4-6-15(13)17/h3-10,18H,2,11,17H2,1H3. The molecule has 2 aromatic rings. The van der Waals surface area contributed by atoms with Crippen molar-refractivity contribution in [2.24, 2.45) is 0 Å². The van der Waals surface area contributed by atoms with Crippen LogP contribution in [0.4, 0.5) is 11.4 Å². The molecule has 0 saturated carbocycles. The highest BCUT2D eigenvalue weighted by Gasteiger charge is 2.05. The van der Waals surface area contributed by atoms with Crippen molar-refractivity contribution in [2.75, 3.05) is 17.7 Å². The molecular weight excluding hydrogens is 252 g/mol. The Morgan fingerprint density at radius 3 is 2.50 bits per heavy atom. The van der Waals surface area contributed by atoms with Crippen molar-refractivity contribution in [3.8, 4) is 0 Å².